The van der Waals surface area contributed by atoms with Crippen LogP contribution in [0.2, 0.25) is 0 Å². The Morgan fingerprint density at radius 3 is 1.35 bits per heavy atom. The first-order valence-electron chi connectivity index (χ1n) is 5.39. The van der Waals surface area contributed by atoms with E-state index in [-0.39, 0.29) is 60.2 Å². The van der Waals surface area contributed by atoms with Crippen LogP contribution >= 0.6 is 0 Å². The quantitative estimate of drug-likeness (QED) is 0.447. The van der Waals surface area contributed by atoms with Gasteiger partial charge in [-0.2, -0.15) is 12.2 Å². The summed E-state index contributed by atoms with van der Waals surface area (Å²) in [4.78, 5) is 0. The Bertz CT molecular complexity index is 259. The van der Waals surface area contributed by atoms with Crippen LogP contribution in [0.3, 0.4) is 0 Å². The van der Waals surface area contributed by atoms with E-state index in [1.54, 1.807) is 0 Å². The van der Waals surface area contributed by atoms with Crippen LogP contribution < -0.4 is 34.0 Å². The van der Waals surface area contributed by atoms with Crippen molar-refractivity contribution < 1.29 is 60.2 Å². The van der Waals surface area contributed by atoms with Crippen LogP contribution in [0.1, 0.15) is 39.5 Å². The summed E-state index contributed by atoms with van der Waals surface area (Å²) < 4.78 is 0. The smallest absolute Gasteiger partial charge is 1.00 e. The molecule has 2 aliphatic carbocycles. The Balaban J connectivity index is -0.000000196. The fraction of sp³-hybridized carbons (Fsp3) is 0.429. The predicted molar refractivity (Wildman–Crippen MR) is 61.6 cm³/mol. The van der Waals surface area contributed by atoms with Crippen molar-refractivity contribution in [3.8, 4) is 0 Å². The normalized spacial score (nSPS) is 14.5. The minimum atomic E-state index is 0. The van der Waals surface area contributed by atoms with Gasteiger partial charge in [-0.3, -0.25) is 12.2 Å². The molecule has 0 nitrogen and oxygen atoms in total. The SMILES string of the molecule is CCC1=[C-]CC=C1.CCC1=[C-]CC=C1.[Br-].[Br-].[Zr+4]. The molecule has 0 fully saturated rings. The molecule has 2 aliphatic rings. The molecule has 0 amide bonds. The molecule has 3 heteroatoms. The Kier molecular flexibility index (Phi) is 20.1. The second-order valence-corrected chi connectivity index (χ2v) is 3.32. The maximum atomic E-state index is 3.21. The molecule has 0 unspecified atom stereocenters. The van der Waals surface area contributed by atoms with Gasteiger partial charge in [0.25, 0.3) is 0 Å². The van der Waals surface area contributed by atoms with E-state index in [1.165, 1.54) is 11.1 Å². The first-order chi connectivity index (χ1) is 6.86. The second kappa shape index (κ2) is 14.9. The van der Waals surface area contributed by atoms with Crippen molar-refractivity contribution in [2.75, 3.05) is 0 Å². The predicted octanol–water partition coefficient (Wildman–Crippen LogP) is -1.82. The fourth-order valence-electron chi connectivity index (χ4n) is 1.39. The van der Waals surface area contributed by atoms with Crippen molar-refractivity contribution in [2.24, 2.45) is 0 Å². The average molecular weight is 437 g/mol. The summed E-state index contributed by atoms with van der Waals surface area (Å²) in [6.45, 7) is 4.30. The molecule has 0 saturated carbocycles. The number of allylic oxidation sites excluding steroid dienone is 8. The van der Waals surface area contributed by atoms with Crippen LogP contribution in [-0.4, -0.2) is 0 Å². The number of halogens is 2. The average Bonchev–Trinajstić information content (AvgIpc) is 2.92. The largest absolute Gasteiger partial charge is 4.00 e. The molecular formula is C14H18Br2Zr. The topological polar surface area (TPSA) is 0 Å². The van der Waals surface area contributed by atoms with Gasteiger partial charge >= 0.3 is 26.2 Å². The standard InChI is InChI=1S/2C7H9.2BrH.Zr/c2*1-2-7-5-3-4-6-7;;;/h2*3,5H,2,4H2,1H3;2*1H;/q2*-1;;;+4/p-2. The second-order valence-electron chi connectivity index (χ2n) is 3.32. The fourth-order valence-corrected chi connectivity index (χ4v) is 1.39. The van der Waals surface area contributed by atoms with E-state index in [9.17, 15) is 0 Å². The van der Waals surface area contributed by atoms with Crippen LogP contribution in [-0.2, 0) is 26.2 Å². The molecule has 0 N–H and O–H groups in total. The third kappa shape index (κ3) is 10.4. The van der Waals surface area contributed by atoms with Crippen molar-refractivity contribution in [1.82, 2.24) is 0 Å². The summed E-state index contributed by atoms with van der Waals surface area (Å²) in [5.74, 6) is 0. The van der Waals surface area contributed by atoms with Crippen molar-refractivity contribution >= 4 is 0 Å². The van der Waals surface area contributed by atoms with Gasteiger partial charge in [-0.05, 0) is 0 Å². The first-order valence-corrected chi connectivity index (χ1v) is 5.39. The molecule has 0 radical (unpaired) electrons. The molecule has 0 atom stereocenters. The third-order valence-electron chi connectivity index (χ3n) is 2.29. The summed E-state index contributed by atoms with van der Waals surface area (Å²) in [6.07, 6.45) is 19.3. The zero-order valence-corrected chi connectivity index (χ0v) is 16.0. The van der Waals surface area contributed by atoms with Crippen LogP contribution in [0.5, 0.6) is 0 Å². The van der Waals surface area contributed by atoms with Gasteiger partial charge in [-0.25, -0.2) is 23.3 Å². The van der Waals surface area contributed by atoms with Gasteiger partial charge < -0.3 is 34.0 Å². The van der Waals surface area contributed by atoms with E-state index in [2.05, 4.69) is 50.3 Å². The van der Waals surface area contributed by atoms with Crippen molar-refractivity contribution in [1.29, 1.82) is 0 Å². The summed E-state index contributed by atoms with van der Waals surface area (Å²) in [6, 6.07) is 0. The van der Waals surface area contributed by atoms with Crippen molar-refractivity contribution in [3.63, 3.8) is 0 Å². The number of hydrogen-bond acceptors (Lipinski definition) is 0. The van der Waals surface area contributed by atoms with Gasteiger partial charge in [0, 0.05) is 0 Å². The molecule has 0 spiro atoms. The first kappa shape index (κ1) is 22.9. The Morgan fingerprint density at radius 1 is 0.882 bits per heavy atom. The molecule has 0 aromatic carbocycles. The molecule has 17 heavy (non-hydrogen) atoms. The van der Waals surface area contributed by atoms with Crippen molar-refractivity contribution in [2.45, 2.75) is 39.5 Å². The molecule has 2 rings (SSSR count). The summed E-state index contributed by atoms with van der Waals surface area (Å²) in [5.41, 5.74) is 2.72. The molecule has 0 bridgehead atoms. The van der Waals surface area contributed by atoms with Crippen molar-refractivity contribution in [3.05, 3.63) is 47.6 Å². The van der Waals surface area contributed by atoms with E-state index < -0.39 is 0 Å². The maximum absolute atomic E-state index is 3.21. The zero-order chi connectivity index (χ0) is 10.2. The molecule has 0 aromatic rings. The molecule has 0 aliphatic heterocycles. The van der Waals surface area contributed by atoms with E-state index in [0.29, 0.717) is 0 Å². The zero-order valence-electron chi connectivity index (χ0n) is 10.4. The van der Waals surface area contributed by atoms with Crippen LogP contribution in [0.15, 0.2) is 35.5 Å². The van der Waals surface area contributed by atoms with Gasteiger partial charge in [0.15, 0.2) is 0 Å². The molecule has 0 heterocycles. The van der Waals surface area contributed by atoms with Crippen LogP contribution in [0.25, 0.3) is 0 Å². The summed E-state index contributed by atoms with van der Waals surface area (Å²) in [5, 5.41) is 0. The summed E-state index contributed by atoms with van der Waals surface area (Å²) in [7, 11) is 0. The van der Waals surface area contributed by atoms with E-state index in [4.69, 9.17) is 0 Å². The van der Waals surface area contributed by atoms with Gasteiger partial charge in [-0.1, -0.05) is 26.7 Å². The van der Waals surface area contributed by atoms with Gasteiger partial charge in [0.05, 0.1) is 0 Å². The van der Waals surface area contributed by atoms with Gasteiger partial charge in [0.1, 0.15) is 0 Å². The van der Waals surface area contributed by atoms with Gasteiger partial charge in [-0.15, -0.1) is 12.8 Å². The van der Waals surface area contributed by atoms with E-state index in [0.717, 1.165) is 25.7 Å². The van der Waals surface area contributed by atoms with E-state index >= 15 is 0 Å². The van der Waals surface area contributed by atoms with E-state index in [1.807, 2.05) is 0 Å². The molecule has 0 saturated heterocycles. The van der Waals surface area contributed by atoms with Crippen LogP contribution in [0.4, 0.5) is 0 Å². The molecular weight excluding hydrogens is 419 g/mol. The Labute approximate surface area is 146 Å². The number of rotatable bonds is 2. The minimum Gasteiger partial charge on any atom is -1.00 e. The van der Waals surface area contributed by atoms with Gasteiger partial charge in [0.2, 0.25) is 0 Å². The minimum absolute atomic E-state index is 0. The monoisotopic (exact) mass is 434 g/mol. The number of hydrogen-bond donors (Lipinski definition) is 0. The maximum Gasteiger partial charge on any atom is 4.00 e. The Hall–Kier alpha value is 0.803. The molecule has 0 aromatic heterocycles. The Morgan fingerprint density at radius 2 is 1.24 bits per heavy atom. The third-order valence-corrected chi connectivity index (χ3v) is 2.29. The van der Waals surface area contributed by atoms with Crippen LogP contribution in [0, 0.1) is 12.2 Å². The summed E-state index contributed by atoms with van der Waals surface area (Å²) >= 11 is 0. The molecule has 92 valence electrons.